The Bertz CT molecular complexity index is 740. The van der Waals surface area contributed by atoms with E-state index in [9.17, 15) is 4.80 Å². The maximum absolute atomic E-state index is 11.9. The fraction of sp³-hybridized carbons (Fsp3) is 0.417. The van der Waals surface area contributed by atoms with Gasteiger partial charge in [0.05, 0.1) is 0 Å². The second-order valence-corrected chi connectivity index (χ2v) is 14.3. The molecule has 3 N–H and O–H groups in total. The molecule has 0 aliphatic carbocycles. The molecule has 0 bridgehead atoms. The summed E-state index contributed by atoms with van der Waals surface area (Å²) in [6.45, 7) is 12.9. The first-order chi connectivity index (χ1) is 12.5. The van der Waals surface area contributed by atoms with Crippen molar-refractivity contribution in [2.24, 2.45) is 5.73 Å². The van der Waals surface area contributed by atoms with Gasteiger partial charge < -0.3 is 10.5 Å². The molecule has 0 saturated carbocycles. The highest BCUT2D eigenvalue weighted by molar-refractivity contribution is 6.83. The van der Waals surface area contributed by atoms with Crippen LogP contribution >= 0.6 is 0 Å². The largest absolute Gasteiger partial charge is 0.427 e. The zero-order valence-electron chi connectivity index (χ0n) is 17.7. The first kappa shape index (κ1) is 21.6. The van der Waals surface area contributed by atoms with Gasteiger partial charge in [-0.15, -0.1) is 0 Å². The summed E-state index contributed by atoms with van der Waals surface area (Å²) in [6, 6.07) is 20.4. The Labute approximate surface area is 166 Å². The van der Waals surface area contributed by atoms with E-state index in [2.05, 4.69) is 71.5 Å². The van der Waals surface area contributed by atoms with Crippen molar-refractivity contribution in [1.29, 1.82) is 0 Å². The molecule has 0 aliphatic heterocycles. The van der Waals surface area contributed by atoms with Crippen LogP contribution < -0.4 is 5.73 Å². The predicted octanol–water partition coefficient (Wildman–Crippen LogP) is 5.72. The molecule has 0 heterocycles. The molecule has 0 fully saturated rings. The summed E-state index contributed by atoms with van der Waals surface area (Å²) in [4.78, 5) is 11.9. The summed E-state index contributed by atoms with van der Waals surface area (Å²) < 4.78 is 0. The Morgan fingerprint density at radius 2 is 1.33 bits per heavy atom. The lowest BCUT2D eigenvalue weighted by atomic mass is 9.95. The van der Waals surface area contributed by atoms with Crippen LogP contribution in [0.1, 0.15) is 52.7 Å². The van der Waals surface area contributed by atoms with E-state index in [1.54, 1.807) is 0 Å². The van der Waals surface area contributed by atoms with E-state index >= 15 is 0 Å². The Morgan fingerprint density at radius 3 is 1.78 bits per heavy atom. The van der Waals surface area contributed by atoms with Gasteiger partial charge in [-0.05, 0) is 33.2 Å². The molecule has 1 unspecified atom stereocenters. The van der Waals surface area contributed by atoms with Crippen molar-refractivity contribution in [2.75, 3.05) is 0 Å². The van der Waals surface area contributed by atoms with Crippen molar-refractivity contribution < 1.29 is 4.80 Å². The lowest BCUT2D eigenvalue weighted by molar-refractivity contribution is 0.430. The topological polar surface area (TPSA) is 46.2 Å². The third-order valence-electron chi connectivity index (χ3n) is 5.46. The second kappa shape index (κ2) is 8.13. The average molecular weight is 382 g/mol. The molecule has 2 nitrogen and oxygen atoms in total. The van der Waals surface area contributed by atoms with Crippen LogP contribution in [0, 0.1) is 0 Å². The standard InChI is InChI=1S/C24H35NOSi/c1-23(2,3)27(26,24(4,5)6)18-21(20-15-11-8-12-16-20)22(25)17-19-13-9-7-10-14-19/h7-16,18,22,26H,17,25H2,1-6H3/b21-18-. The van der Waals surface area contributed by atoms with Crippen LogP contribution in [0.15, 0.2) is 66.4 Å². The minimum absolute atomic E-state index is 0.168. The molecule has 2 aromatic rings. The number of hydrogen-bond acceptors (Lipinski definition) is 2. The minimum Gasteiger partial charge on any atom is -0.427 e. The predicted molar refractivity (Wildman–Crippen MR) is 120 cm³/mol. The highest BCUT2D eigenvalue weighted by atomic mass is 28.4. The van der Waals surface area contributed by atoms with Gasteiger partial charge in [-0.1, -0.05) is 108 Å². The molecular weight excluding hydrogens is 346 g/mol. The van der Waals surface area contributed by atoms with Crippen molar-refractivity contribution in [3.05, 3.63) is 77.5 Å². The van der Waals surface area contributed by atoms with E-state index in [-0.39, 0.29) is 16.1 Å². The van der Waals surface area contributed by atoms with Crippen LogP contribution in [0.4, 0.5) is 0 Å². The monoisotopic (exact) mass is 381 g/mol. The molecule has 3 heteroatoms. The molecule has 1 atom stereocenters. The van der Waals surface area contributed by atoms with E-state index in [0.717, 1.165) is 17.6 Å². The fourth-order valence-corrected chi connectivity index (χ4v) is 7.74. The van der Waals surface area contributed by atoms with Crippen LogP contribution in [-0.2, 0) is 6.42 Å². The van der Waals surface area contributed by atoms with Gasteiger partial charge in [0.2, 0.25) is 8.32 Å². The molecule has 27 heavy (non-hydrogen) atoms. The summed E-state index contributed by atoms with van der Waals surface area (Å²) in [6.07, 6.45) is 0.750. The third-order valence-corrected chi connectivity index (χ3v) is 10.8. The van der Waals surface area contributed by atoms with Gasteiger partial charge in [-0.2, -0.15) is 0 Å². The van der Waals surface area contributed by atoms with Crippen LogP contribution in [-0.4, -0.2) is 19.2 Å². The molecule has 0 aliphatic rings. The van der Waals surface area contributed by atoms with Gasteiger partial charge >= 0.3 is 0 Å². The zero-order valence-corrected chi connectivity index (χ0v) is 18.7. The SMILES string of the molecule is CC(C)(C)[Si](O)(/C=C(/c1ccccc1)C(N)Cc1ccccc1)C(C)(C)C. The number of benzene rings is 2. The van der Waals surface area contributed by atoms with Gasteiger partial charge in [-0.3, -0.25) is 0 Å². The summed E-state index contributed by atoms with van der Waals surface area (Å²) in [5.41, 5.74) is 12.2. The second-order valence-electron chi connectivity index (χ2n) is 9.53. The van der Waals surface area contributed by atoms with E-state index in [1.165, 1.54) is 5.56 Å². The lowest BCUT2D eigenvalue weighted by Gasteiger charge is -2.46. The van der Waals surface area contributed by atoms with Crippen molar-refractivity contribution >= 4 is 13.9 Å². The Morgan fingerprint density at radius 1 is 0.889 bits per heavy atom. The van der Waals surface area contributed by atoms with E-state index < -0.39 is 8.32 Å². The highest BCUT2D eigenvalue weighted by Crippen LogP contribution is 2.51. The molecule has 0 spiro atoms. The number of rotatable bonds is 5. The molecule has 0 saturated heterocycles. The molecule has 0 aromatic heterocycles. The summed E-state index contributed by atoms with van der Waals surface area (Å²) in [5, 5.41) is -0.393. The highest BCUT2D eigenvalue weighted by Gasteiger charge is 2.51. The molecule has 2 rings (SSSR count). The van der Waals surface area contributed by atoms with E-state index in [1.807, 2.05) is 36.4 Å². The normalized spacial score (nSPS) is 14.9. The van der Waals surface area contributed by atoms with E-state index in [0.29, 0.717) is 0 Å². The van der Waals surface area contributed by atoms with Crippen LogP contribution in [0.2, 0.25) is 10.1 Å². The van der Waals surface area contributed by atoms with Crippen molar-refractivity contribution in [3.63, 3.8) is 0 Å². The zero-order chi connectivity index (χ0) is 20.3. The molecule has 2 aromatic carbocycles. The number of nitrogens with two attached hydrogens (primary N) is 1. The van der Waals surface area contributed by atoms with Gasteiger partial charge in [0, 0.05) is 6.04 Å². The van der Waals surface area contributed by atoms with Gasteiger partial charge in [-0.25, -0.2) is 0 Å². The molecule has 0 amide bonds. The minimum atomic E-state index is -2.82. The van der Waals surface area contributed by atoms with E-state index in [4.69, 9.17) is 5.73 Å². The fourth-order valence-electron chi connectivity index (χ4n) is 3.80. The van der Waals surface area contributed by atoms with Gasteiger partial charge in [0.1, 0.15) is 0 Å². The van der Waals surface area contributed by atoms with Crippen molar-refractivity contribution in [2.45, 2.75) is 64.1 Å². The maximum atomic E-state index is 11.9. The Kier molecular flexibility index (Phi) is 6.51. The molecular formula is C24H35NOSi. The van der Waals surface area contributed by atoms with Crippen molar-refractivity contribution in [1.82, 2.24) is 0 Å². The summed E-state index contributed by atoms with van der Waals surface area (Å²) in [7, 11) is -2.82. The van der Waals surface area contributed by atoms with Gasteiger partial charge in [0.15, 0.2) is 0 Å². The van der Waals surface area contributed by atoms with Gasteiger partial charge in [0.25, 0.3) is 0 Å². The molecule has 146 valence electrons. The number of hydrogen-bond donors (Lipinski definition) is 2. The van der Waals surface area contributed by atoms with Crippen molar-refractivity contribution in [3.8, 4) is 0 Å². The summed E-state index contributed by atoms with van der Waals surface area (Å²) >= 11 is 0. The van der Waals surface area contributed by atoms with Crippen LogP contribution in [0.3, 0.4) is 0 Å². The Hall–Kier alpha value is -1.68. The van der Waals surface area contributed by atoms with Crippen LogP contribution in [0.25, 0.3) is 5.57 Å². The summed E-state index contributed by atoms with van der Waals surface area (Å²) in [5.74, 6) is 0. The lowest BCUT2D eigenvalue weighted by Crippen LogP contribution is -2.51. The first-order valence-corrected chi connectivity index (χ1v) is 11.8. The Balaban J connectivity index is 2.57. The smallest absolute Gasteiger partial charge is 0.223 e. The quantitative estimate of drug-likeness (QED) is 0.651. The van der Waals surface area contributed by atoms with Crippen LogP contribution in [0.5, 0.6) is 0 Å². The maximum Gasteiger partial charge on any atom is 0.223 e. The molecule has 0 radical (unpaired) electrons. The average Bonchev–Trinajstić information content (AvgIpc) is 2.59. The first-order valence-electron chi connectivity index (χ1n) is 9.76. The third kappa shape index (κ3) is 4.98.